The molecule has 1 heterocycles. The van der Waals surface area contributed by atoms with Gasteiger partial charge in [-0.25, -0.2) is 0 Å². The predicted molar refractivity (Wildman–Crippen MR) is 77.2 cm³/mol. The van der Waals surface area contributed by atoms with Crippen molar-refractivity contribution in [1.29, 1.82) is 0 Å². The molecule has 1 aromatic heterocycles. The molecule has 0 atom stereocenters. The second-order valence-corrected chi connectivity index (χ2v) is 4.69. The molecule has 0 fully saturated rings. The number of aliphatic hydroxyl groups excluding tert-OH is 1. The highest BCUT2D eigenvalue weighted by atomic mass is 16.3. The Labute approximate surface area is 118 Å². The quantitative estimate of drug-likeness (QED) is 0.904. The van der Waals surface area contributed by atoms with Crippen molar-refractivity contribution < 1.29 is 9.90 Å². The Morgan fingerprint density at radius 2 is 2.00 bits per heavy atom. The Hall–Kier alpha value is -2.20. The Morgan fingerprint density at radius 1 is 1.25 bits per heavy atom. The van der Waals surface area contributed by atoms with Gasteiger partial charge in [-0.2, -0.15) is 0 Å². The van der Waals surface area contributed by atoms with Crippen LogP contribution in [0.4, 0.5) is 0 Å². The smallest absolute Gasteiger partial charge is 0.255 e. The van der Waals surface area contributed by atoms with E-state index in [9.17, 15) is 4.79 Å². The summed E-state index contributed by atoms with van der Waals surface area (Å²) in [6.45, 7) is 2.63. The summed E-state index contributed by atoms with van der Waals surface area (Å²) in [5, 5.41) is 9.16. The Morgan fingerprint density at radius 3 is 2.65 bits per heavy atom. The molecule has 2 aromatic rings. The van der Waals surface area contributed by atoms with E-state index >= 15 is 0 Å². The van der Waals surface area contributed by atoms with Crippen LogP contribution in [0.3, 0.4) is 0 Å². The molecule has 0 aliphatic carbocycles. The molecule has 0 bridgehead atoms. The van der Waals surface area contributed by atoms with Crippen LogP contribution in [0.1, 0.15) is 21.5 Å². The summed E-state index contributed by atoms with van der Waals surface area (Å²) in [4.78, 5) is 18.1. The molecule has 0 spiro atoms. The average Bonchev–Trinajstić information content (AvgIpc) is 2.47. The lowest BCUT2D eigenvalue weighted by atomic mass is 10.1. The van der Waals surface area contributed by atoms with E-state index in [1.807, 2.05) is 43.3 Å². The van der Waals surface area contributed by atoms with Gasteiger partial charge in [-0.15, -0.1) is 0 Å². The molecular formula is C16H18N2O2. The third-order valence-electron chi connectivity index (χ3n) is 3.00. The van der Waals surface area contributed by atoms with Crippen LogP contribution in [-0.2, 0) is 6.54 Å². The number of carbonyl (C=O) groups is 1. The molecular weight excluding hydrogens is 252 g/mol. The second-order valence-electron chi connectivity index (χ2n) is 4.69. The maximum absolute atomic E-state index is 12.5. The van der Waals surface area contributed by atoms with Gasteiger partial charge in [0.2, 0.25) is 0 Å². The fourth-order valence-corrected chi connectivity index (χ4v) is 2.03. The standard InChI is InChI=1S/C16H18N2O2/c1-13-9-15(11-17-10-13)16(20)18(7-8-19)12-14-5-3-2-4-6-14/h2-6,9-11,19H,7-8,12H2,1H3. The number of carbonyl (C=O) groups excluding carboxylic acids is 1. The van der Waals surface area contributed by atoms with Gasteiger partial charge in [0.05, 0.1) is 12.2 Å². The third kappa shape index (κ3) is 3.65. The normalized spacial score (nSPS) is 10.3. The highest BCUT2D eigenvalue weighted by molar-refractivity contribution is 5.94. The van der Waals surface area contributed by atoms with Crippen molar-refractivity contribution in [3.8, 4) is 0 Å². The Balaban J connectivity index is 2.18. The van der Waals surface area contributed by atoms with Crippen LogP contribution in [0.15, 0.2) is 48.8 Å². The molecule has 0 aliphatic heterocycles. The minimum absolute atomic E-state index is 0.0577. The monoisotopic (exact) mass is 270 g/mol. The molecule has 2 rings (SSSR count). The number of pyridine rings is 1. The number of nitrogens with zero attached hydrogens (tertiary/aromatic N) is 2. The summed E-state index contributed by atoms with van der Waals surface area (Å²) < 4.78 is 0. The molecule has 4 nitrogen and oxygen atoms in total. The molecule has 1 amide bonds. The summed E-state index contributed by atoms with van der Waals surface area (Å²) in [6.07, 6.45) is 3.27. The summed E-state index contributed by atoms with van der Waals surface area (Å²) in [5.41, 5.74) is 2.53. The summed E-state index contributed by atoms with van der Waals surface area (Å²) in [7, 11) is 0. The lowest BCUT2D eigenvalue weighted by Crippen LogP contribution is -2.33. The Kier molecular flexibility index (Phi) is 4.85. The minimum atomic E-state index is -0.112. The molecule has 0 aliphatic rings. The van der Waals surface area contributed by atoms with Crippen molar-refractivity contribution in [2.24, 2.45) is 0 Å². The maximum atomic E-state index is 12.5. The first kappa shape index (κ1) is 14.2. The van der Waals surface area contributed by atoms with Gasteiger partial charge >= 0.3 is 0 Å². The first-order valence-electron chi connectivity index (χ1n) is 6.56. The zero-order chi connectivity index (χ0) is 14.4. The van der Waals surface area contributed by atoms with E-state index in [0.717, 1.165) is 11.1 Å². The number of hydrogen-bond donors (Lipinski definition) is 1. The van der Waals surface area contributed by atoms with Crippen LogP contribution < -0.4 is 0 Å². The number of amides is 1. The molecule has 20 heavy (non-hydrogen) atoms. The van der Waals surface area contributed by atoms with E-state index in [-0.39, 0.29) is 12.5 Å². The number of benzene rings is 1. The summed E-state index contributed by atoms with van der Waals surface area (Å²) in [6, 6.07) is 11.5. The van der Waals surface area contributed by atoms with Gasteiger partial charge in [0.15, 0.2) is 0 Å². The topological polar surface area (TPSA) is 53.4 Å². The van der Waals surface area contributed by atoms with E-state index < -0.39 is 0 Å². The highest BCUT2D eigenvalue weighted by Gasteiger charge is 2.16. The number of aromatic nitrogens is 1. The van der Waals surface area contributed by atoms with Crippen LogP contribution >= 0.6 is 0 Å². The number of rotatable bonds is 5. The zero-order valence-corrected chi connectivity index (χ0v) is 11.5. The fourth-order valence-electron chi connectivity index (χ4n) is 2.03. The van der Waals surface area contributed by atoms with Gasteiger partial charge in [-0.05, 0) is 24.1 Å². The molecule has 0 saturated heterocycles. The van der Waals surface area contributed by atoms with Gasteiger partial charge in [-0.1, -0.05) is 30.3 Å². The number of hydrogen-bond acceptors (Lipinski definition) is 3. The lowest BCUT2D eigenvalue weighted by molar-refractivity contribution is 0.0707. The van der Waals surface area contributed by atoms with Crippen LogP contribution in [0.25, 0.3) is 0 Å². The predicted octanol–water partition coefficient (Wildman–Crippen LogP) is 2.02. The molecule has 1 aromatic carbocycles. The van der Waals surface area contributed by atoms with Crippen molar-refractivity contribution >= 4 is 5.91 Å². The van der Waals surface area contributed by atoms with Gasteiger partial charge in [-0.3, -0.25) is 9.78 Å². The van der Waals surface area contributed by atoms with Crippen molar-refractivity contribution in [1.82, 2.24) is 9.88 Å². The number of aliphatic hydroxyl groups is 1. The molecule has 4 heteroatoms. The van der Waals surface area contributed by atoms with Crippen LogP contribution in [0, 0.1) is 6.92 Å². The van der Waals surface area contributed by atoms with Gasteiger partial charge in [0.25, 0.3) is 5.91 Å². The highest BCUT2D eigenvalue weighted by Crippen LogP contribution is 2.10. The SMILES string of the molecule is Cc1cncc(C(=O)N(CCO)Cc2ccccc2)c1. The first-order valence-corrected chi connectivity index (χ1v) is 6.56. The molecule has 0 radical (unpaired) electrons. The van der Waals surface area contributed by atoms with Gasteiger partial charge in [0, 0.05) is 25.5 Å². The molecule has 104 valence electrons. The van der Waals surface area contributed by atoms with Crippen molar-refractivity contribution in [2.75, 3.05) is 13.2 Å². The van der Waals surface area contributed by atoms with Crippen LogP contribution in [-0.4, -0.2) is 34.0 Å². The Bertz CT molecular complexity index is 570. The molecule has 0 unspecified atom stereocenters. The molecule has 0 saturated carbocycles. The van der Waals surface area contributed by atoms with Crippen molar-refractivity contribution in [3.05, 3.63) is 65.5 Å². The summed E-state index contributed by atoms with van der Waals surface area (Å²) >= 11 is 0. The van der Waals surface area contributed by atoms with Crippen molar-refractivity contribution in [2.45, 2.75) is 13.5 Å². The third-order valence-corrected chi connectivity index (χ3v) is 3.00. The molecule has 1 N–H and O–H groups in total. The first-order chi connectivity index (χ1) is 9.70. The van der Waals surface area contributed by atoms with E-state index in [4.69, 9.17) is 5.11 Å². The second kappa shape index (κ2) is 6.82. The summed E-state index contributed by atoms with van der Waals surface area (Å²) in [5.74, 6) is -0.112. The van der Waals surface area contributed by atoms with E-state index in [1.54, 1.807) is 17.3 Å². The minimum Gasteiger partial charge on any atom is -0.395 e. The van der Waals surface area contributed by atoms with Crippen LogP contribution in [0.2, 0.25) is 0 Å². The van der Waals surface area contributed by atoms with E-state index in [2.05, 4.69) is 4.98 Å². The van der Waals surface area contributed by atoms with Gasteiger partial charge < -0.3 is 10.0 Å². The largest absolute Gasteiger partial charge is 0.395 e. The average molecular weight is 270 g/mol. The zero-order valence-electron chi connectivity index (χ0n) is 11.5. The number of aryl methyl sites for hydroxylation is 1. The fraction of sp³-hybridized carbons (Fsp3) is 0.250. The van der Waals surface area contributed by atoms with Crippen LogP contribution in [0.5, 0.6) is 0 Å². The van der Waals surface area contributed by atoms with Gasteiger partial charge in [0.1, 0.15) is 0 Å². The lowest BCUT2D eigenvalue weighted by Gasteiger charge is -2.22. The van der Waals surface area contributed by atoms with E-state index in [1.165, 1.54) is 0 Å². The maximum Gasteiger partial charge on any atom is 0.255 e. The van der Waals surface area contributed by atoms with E-state index in [0.29, 0.717) is 18.7 Å². The van der Waals surface area contributed by atoms with Crippen molar-refractivity contribution in [3.63, 3.8) is 0 Å².